The van der Waals surface area contributed by atoms with Crippen molar-refractivity contribution < 1.29 is 4.79 Å². The Morgan fingerprint density at radius 3 is 2.90 bits per heavy atom. The Hall–Kier alpha value is -1.84. The molecule has 1 aliphatic carbocycles. The van der Waals surface area contributed by atoms with Crippen LogP contribution < -0.4 is 0 Å². The molecule has 2 aromatic heterocycles. The lowest BCUT2D eigenvalue weighted by atomic mass is 10.1. The van der Waals surface area contributed by atoms with Crippen molar-refractivity contribution in [2.45, 2.75) is 45.7 Å². The fraction of sp³-hybridized carbons (Fsp3) is 0.500. The number of rotatable bonds is 6. The topological polar surface area (TPSA) is 39.8 Å². The van der Waals surface area contributed by atoms with Gasteiger partial charge in [0.1, 0.15) is 0 Å². The molecule has 0 radical (unpaired) electrons. The highest BCUT2D eigenvalue weighted by Crippen LogP contribution is 2.32. The lowest BCUT2D eigenvalue weighted by Gasteiger charge is -2.08. The Morgan fingerprint density at radius 2 is 2.20 bits per heavy atom. The number of Topliss-reactive ketones (excluding diaryl/α,β-unsaturated/α-hetero) is 1. The number of carbonyl (C=O) groups is 1. The zero-order valence-corrected chi connectivity index (χ0v) is 12.1. The van der Waals surface area contributed by atoms with Crippen molar-refractivity contribution in [3.8, 4) is 0 Å². The van der Waals surface area contributed by atoms with E-state index in [1.807, 2.05) is 33.9 Å². The van der Waals surface area contributed by atoms with Gasteiger partial charge < -0.3 is 4.57 Å². The van der Waals surface area contributed by atoms with Crippen molar-refractivity contribution in [3.05, 3.63) is 42.0 Å². The van der Waals surface area contributed by atoms with Crippen molar-refractivity contribution in [3.63, 3.8) is 0 Å². The van der Waals surface area contributed by atoms with Crippen LogP contribution in [0.1, 0.15) is 55.2 Å². The normalized spacial score (nSPS) is 16.3. The maximum Gasteiger partial charge on any atom is 0.167 e. The highest BCUT2D eigenvalue weighted by atomic mass is 16.1. The summed E-state index contributed by atoms with van der Waals surface area (Å²) in [5, 5.41) is 4.59. The molecule has 1 saturated carbocycles. The van der Waals surface area contributed by atoms with Gasteiger partial charge in [0.15, 0.2) is 5.78 Å². The summed E-state index contributed by atoms with van der Waals surface area (Å²) in [5.41, 5.74) is 1.88. The minimum absolute atomic E-state index is 0.287. The summed E-state index contributed by atoms with van der Waals surface area (Å²) in [6.45, 7) is 5.05. The number of hydrogen-bond donors (Lipinski definition) is 0. The van der Waals surface area contributed by atoms with Crippen LogP contribution in [0, 0.1) is 5.92 Å². The first-order valence-electron chi connectivity index (χ1n) is 7.41. The Morgan fingerprint density at radius 1 is 1.40 bits per heavy atom. The second kappa shape index (κ2) is 5.27. The van der Waals surface area contributed by atoms with Crippen LogP contribution in [0.25, 0.3) is 0 Å². The van der Waals surface area contributed by atoms with Crippen molar-refractivity contribution in [2.75, 3.05) is 0 Å². The zero-order chi connectivity index (χ0) is 14.1. The summed E-state index contributed by atoms with van der Waals surface area (Å²) in [7, 11) is 0. The van der Waals surface area contributed by atoms with Gasteiger partial charge in [-0.1, -0.05) is 6.92 Å². The molecule has 0 spiro atoms. The van der Waals surface area contributed by atoms with Gasteiger partial charge in [0.25, 0.3) is 0 Å². The highest BCUT2D eigenvalue weighted by Gasteiger charge is 2.30. The SMILES string of the molecule is CCC(C)n1ccc(Cn2ccc(C(=O)C3CC3)c2)n1. The number of hydrogen-bond acceptors (Lipinski definition) is 2. The van der Waals surface area contributed by atoms with Crippen LogP contribution in [0.4, 0.5) is 0 Å². The molecule has 0 aromatic carbocycles. The summed E-state index contributed by atoms with van der Waals surface area (Å²) in [6.07, 6.45) is 9.14. The van der Waals surface area contributed by atoms with Gasteiger partial charge in [-0.05, 0) is 38.3 Å². The molecular weight excluding hydrogens is 250 g/mol. The van der Waals surface area contributed by atoms with Crippen molar-refractivity contribution in [2.24, 2.45) is 5.92 Å². The quantitative estimate of drug-likeness (QED) is 0.756. The van der Waals surface area contributed by atoms with Gasteiger partial charge in [-0.25, -0.2) is 0 Å². The predicted octanol–water partition coefficient (Wildman–Crippen LogP) is 3.30. The van der Waals surface area contributed by atoms with E-state index in [-0.39, 0.29) is 5.92 Å². The lowest BCUT2D eigenvalue weighted by molar-refractivity contribution is 0.0967. The third-order valence-electron chi connectivity index (χ3n) is 4.03. The molecule has 20 heavy (non-hydrogen) atoms. The lowest BCUT2D eigenvalue weighted by Crippen LogP contribution is -2.06. The van der Waals surface area contributed by atoms with E-state index < -0.39 is 0 Å². The molecule has 1 unspecified atom stereocenters. The molecule has 4 heteroatoms. The van der Waals surface area contributed by atoms with E-state index in [0.717, 1.165) is 37.1 Å². The molecule has 4 nitrogen and oxygen atoms in total. The zero-order valence-electron chi connectivity index (χ0n) is 12.1. The fourth-order valence-corrected chi connectivity index (χ4v) is 2.35. The maximum atomic E-state index is 12.0. The predicted molar refractivity (Wildman–Crippen MR) is 77.8 cm³/mol. The molecule has 0 aliphatic heterocycles. The minimum Gasteiger partial charge on any atom is -0.348 e. The van der Waals surface area contributed by atoms with E-state index in [9.17, 15) is 4.79 Å². The van der Waals surface area contributed by atoms with Gasteiger partial charge in [-0.15, -0.1) is 0 Å². The second-order valence-corrected chi connectivity index (χ2v) is 5.76. The summed E-state index contributed by atoms with van der Waals surface area (Å²) in [6, 6.07) is 4.40. The molecule has 2 aromatic rings. The Balaban J connectivity index is 1.68. The van der Waals surface area contributed by atoms with Crippen molar-refractivity contribution >= 4 is 5.78 Å². The Bertz CT molecular complexity index is 607. The van der Waals surface area contributed by atoms with E-state index in [1.54, 1.807) is 0 Å². The molecule has 0 N–H and O–H groups in total. The summed E-state index contributed by atoms with van der Waals surface area (Å²) >= 11 is 0. The van der Waals surface area contributed by atoms with Gasteiger partial charge in [0, 0.05) is 36.1 Å². The maximum absolute atomic E-state index is 12.0. The number of nitrogens with zero attached hydrogens (tertiary/aromatic N) is 3. The second-order valence-electron chi connectivity index (χ2n) is 5.76. The Kier molecular flexibility index (Phi) is 3.47. The first-order chi connectivity index (χ1) is 9.67. The van der Waals surface area contributed by atoms with E-state index in [4.69, 9.17) is 0 Å². The summed E-state index contributed by atoms with van der Waals surface area (Å²) < 4.78 is 4.05. The minimum atomic E-state index is 0.287. The summed E-state index contributed by atoms with van der Waals surface area (Å²) in [5.74, 6) is 0.587. The molecule has 1 atom stereocenters. The first-order valence-corrected chi connectivity index (χ1v) is 7.41. The highest BCUT2D eigenvalue weighted by molar-refractivity contribution is 5.99. The molecule has 106 valence electrons. The standard InChI is InChI=1S/C16H21N3O/c1-3-12(2)19-9-7-15(17-19)11-18-8-6-14(10-18)16(20)13-4-5-13/h6-10,12-13H,3-5,11H2,1-2H3. The van der Waals surface area contributed by atoms with Crippen molar-refractivity contribution in [1.82, 2.24) is 14.3 Å². The first kappa shape index (κ1) is 13.2. The van der Waals surface area contributed by atoms with E-state index in [0.29, 0.717) is 11.8 Å². The van der Waals surface area contributed by atoms with Crippen LogP contribution in [0.15, 0.2) is 30.7 Å². The average Bonchev–Trinajstić information content (AvgIpc) is 3.03. The smallest absolute Gasteiger partial charge is 0.167 e. The van der Waals surface area contributed by atoms with E-state index in [1.165, 1.54) is 0 Å². The largest absolute Gasteiger partial charge is 0.348 e. The molecule has 0 bridgehead atoms. The third-order valence-corrected chi connectivity index (χ3v) is 4.03. The molecular formula is C16H21N3O. The van der Waals surface area contributed by atoms with Gasteiger partial charge in [-0.3, -0.25) is 9.48 Å². The van der Waals surface area contributed by atoms with Crippen LogP contribution in [0.2, 0.25) is 0 Å². The summed E-state index contributed by atoms with van der Waals surface area (Å²) in [4.78, 5) is 12.0. The van der Waals surface area contributed by atoms with Crippen LogP contribution in [0.5, 0.6) is 0 Å². The van der Waals surface area contributed by atoms with E-state index in [2.05, 4.69) is 25.0 Å². The van der Waals surface area contributed by atoms with Gasteiger partial charge >= 0.3 is 0 Å². The van der Waals surface area contributed by atoms with E-state index >= 15 is 0 Å². The molecule has 0 amide bonds. The molecule has 1 aliphatic rings. The van der Waals surface area contributed by atoms with Gasteiger partial charge in [0.2, 0.25) is 0 Å². The number of ketones is 1. The fourth-order valence-electron chi connectivity index (χ4n) is 2.35. The van der Waals surface area contributed by atoms with Crippen LogP contribution >= 0.6 is 0 Å². The number of carbonyl (C=O) groups excluding carboxylic acids is 1. The molecule has 3 rings (SSSR count). The van der Waals surface area contributed by atoms with Gasteiger partial charge in [0.05, 0.1) is 12.2 Å². The van der Waals surface area contributed by atoms with Crippen LogP contribution in [0.3, 0.4) is 0 Å². The molecule has 2 heterocycles. The average molecular weight is 271 g/mol. The number of aromatic nitrogens is 3. The van der Waals surface area contributed by atoms with Crippen LogP contribution in [-0.4, -0.2) is 20.1 Å². The monoisotopic (exact) mass is 271 g/mol. The third kappa shape index (κ3) is 2.69. The Labute approximate surface area is 119 Å². The van der Waals surface area contributed by atoms with Crippen molar-refractivity contribution in [1.29, 1.82) is 0 Å². The van der Waals surface area contributed by atoms with Gasteiger partial charge in [-0.2, -0.15) is 5.10 Å². The molecule has 1 fully saturated rings. The molecule has 0 saturated heterocycles. The van der Waals surface area contributed by atoms with Crippen LogP contribution in [-0.2, 0) is 6.54 Å².